The minimum Gasteiger partial charge on any atom is -0.508 e. The number of carbonyl (C=O) groups is 2. The molecule has 31 heavy (non-hydrogen) atoms. The number of pyridine rings is 1. The van der Waals surface area contributed by atoms with Gasteiger partial charge in [-0.1, -0.05) is 40.9 Å². The molecule has 2 N–H and O–H groups in total. The van der Waals surface area contributed by atoms with Crippen molar-refractivity contribution in [3.63, 3.8) is 0 Å². The van der Waals surface area contributed by atoms with Gasteiger partial charge >= 0.3 is 0 Å². The van der Waals surface area contributed by atoms with Gasteiger partial charge in [0.2, 0.25) is 0 Å². The van der Waals surface area contributed by atoms with Crippen LogP contribution in [-0.4, -0.2) is 26.3 Å². The minimum absolute atomic E-state index is 0.00999. The number of aromatic hydroxyl groups is 1. The molecule has 4 aromatic rings. The average molecular weight is 475 g/mol. The molecule has 156 valence electrons. The second kappa shape index (κ2) is 8.59. The van der Waals surface area contributed by atoms with Gasteiger partial charge in [0.25, 0.3) is 11.7 Å². The number of hydrogen-bond donors (Lipinski definition) is 2. The van der Waals surface area contributed by atoms with Crippen molar-refractivity contribution in [2.75, 3.05) is 5.32 Å². The van der Waals surface area contributed by atoms with Crippen molar-refractivity contribution in [3.8, 4) is 5.75 Å². The van der Waals surface area contributed by atoms with Gasteiger partial charge in [0.05, 0.1) is 17.6 Å². The Kier molecular flexibility index (Phi) is 5.87. The van der Waals surface area contributed by atoms with E-state index in [1.54, 1.807) is 41.0 Å². The summed E-state index contributed by atoms with van der Waals surface area (Å²) in [6.07, 6.45) is 2.99. The number of nitrogens with zero attached hydrogens (tertiary/aromatic N) is 2. The molecule has 1 amide bonds. The van der Waals surface area contributed by atoms with Gasteiger partial charge in [-0.2, -0.15) is 0 Å². The molecule has 2 aromatic carbocycles. The highest BCUT2D eigenvalue weighted by atomic mass is 35.5. The fourth-order valence-electron chi connectivity index (χ4n) is 3.24. The van der Waals surface area contributed by atoms with Crippen molar-refractivity contribution < 1.29 is 14.7 Å². The van der Waals surface area contributed by atoms with Gasteiger partial charge in [-0.05, 0) is 48.0 Å². The first kappa shape index (κ1) is 21.2. The molecule has 9 heteroatoms. The van der Waals surface area contributed by atoms with Gasteiger partial charge in [0.15, 0.2) is 0 Å². The van der Waals surface area contributed by atoms with E-state index in [0.29, 0.717) is 26.6 Å². The molecule has 0 unspecified atom stereocenters. The number of carbonyl (C=O) groups excluding carboxylic acids is 2. The Bertz CT molecular complexity index is 1320. The van der Waals surface area contributed by atoms with Gasteiger partial charge < -0.3 is 15.0 Å². The number of halogens is 3. The van der Waals surface area contributed by atoms with Gasteiger partial charge in [0, 0.05) is 33.5 Å². The topological polar surface area (TPSA) is 84.2 Å². The van der Waals surface area contributed by atoms with E-state index < -0.39 is 11.7 Å². The lowest BCUT2D eigenvalue weighted by Gasteiger charge is -2.10. The molecule has 2 aromatic heterocycles. The van der Waals surface area contributed by atoms with Crippen molar-refractivity contribution in [1.29, 1.82) is 0 Å². The van der Waals surface area contributed by atoms with E-state index >= 15 is 0 Å². The van der Waals surface area contributed by atoms with Crippen LogP contribution in [-0.2, 0) is 11.3 Å². The normalized spacial score (nSPS) is 10.9. The number of nitrogens with one attached hydrogen (secondary N) is 1. The zero-order chi connectivity index (χ0) is 22.1. The Hall–Kier alpha value is -3.06. The number of phenolic OH excluding ortho intramolecular Hbond substituents is 1. The number of benzene rings is 2. The fourth-order valence-corrected chi connectivity index (χ4v) is 4.05. The largest absolute Gasteiger partial charge is 0.508 e. The Balaban J connectivity index is 1.78. The van der Waals surface area contributed by atoms with E-state index in [0.717, 1.165) is 5.56 Å². The summed E-state index contributed by atoms with van der Waals surface area (Å²) in [5.74, 6) is -1.76. The van der Waals surface area contributed by atoms with Crippen LogP contribution in [0.2, 0.25) is 15.2 Å². The van der Waals surface area contributed by atoms with Crippen LogP contribution in [0.3, 0.4) is 0 Å². The molecule has 0 aliphatic heterocycles. The number of rotatable bonds is 5. The molecule has 0 aliphatic rings. The lowest BCUT2D eigenvalue weighted by molar-refractivity contribution is -0.112. The summed E-state index contributed by atoms with van der Waals surface area (Å²) >= 11 is 18.9. The van der Waals surface area contributed by atoms with E-state index in [-0.39, 0.29) is 23.0 Å². The Morgan fingerprint density at radius 3 is 2.45 bits per heavy atom. The number of Topliss-reactive ketones (excluding diaryl/α,β-unsaturated/α-hetero) is 1. The number of amides is 1. The molecule has 0 spiro atoms. The number of ketones is 1. The molecule has 0 radical (unpaired) electrons. The van der Waals surface area contributed by atoms with Crippen LogP contribution >= 0.6 is 34.8 Å². The molecule has 2 heterocycles. The van der Waals surface area contributed by atoms with E-state index in [2.05, 4.69) is 10.3 Å². The smallest absolute Gasteiger partial charge is 0.296 e. The van der Waals surface area contributed by atoms with Gasteiger partial charge in [0.1, 0.15) is 10.9 Å². The number of hydrogen-bond acceptors (Lipinski definition) is 4. The second-order valence-corrected chi connectivity index (χ2v) is 7.91. The van der Waals surface area contributed by atoms with Crippen LogP contribution in [0.15, 0.2) is 60.9 Å². The zero-order valence-corrected chi connectivity index (χ0v) is 18.0. The van der Waals surface area contributed by atoms with Crippen LogP contribution in [0.4, 0.5) is 5.69 Å². The van der Waals surface area contributed by atoms with Crippen LogP contribution < -0.4 is 5.32 Å². The summed E-state index contributed by atoms with van der Waals surface area (Å²) in [7, 11) is 0. The van der Waals surface area contributed by atoms with Crippen molar-refractivity contribution in [3.05, 3.63) is 87.2 Å². The van der Waals surface area contributed by atoms with Crippen LogP contribution in [0, 0.1) is 0 Å². The lowest BCUT2D eigenvalue weighted by Crippen LogP contribution is -2.23. The number of phenols is 1. The van der Waals surface area contributed by atoms with Crippen molar-refractivity contribution in [1.82, 2.24) is 9.55 Å². The number of fused-ring (bicyclic) bond motifs is 1. The summed E-state index contributed by atoms with van der Waals surface area (Å²) in [6, 6.07) is 12.7. The summed E-state index contributed by atoms with van der Waals surface area (Å²) in [5.41, 5.74) is 1.69. The molecule has 0 aliphatic carbocycles. The van der Waals surface area contributed by atoms with Crippen LogP contribution in [0.5, 0.6) is 5.75 Å². The average Bonchev–Trinajstić information content (AvgIpc) is 3.00. The van der Waals surface area contributed by atoms with Gasteiger partial charge in [-0.3, -0.25) is 14.6 Å². The third-order valence-electron chi connectivity index (χ3n) is 4.70. The first-order valence-corrected chi connectivity index (χ1v) is 10.2. The molecular weight excluding hydrogens is 461 g/mol. The molecular formula is C22H14Cl3N3O3. The molecule has 6 nitrogen and oxygen atoms in total. The lowest BCUT2D eigenvalue weighted by atomic mass is 10.1. The van der Waals surface area contributed by atoms with Gasteiger partial charge in [-0.25, -0.2) is 0 Å². The first-order valence-electron chi connectivity index (χ1n) is 9.05. The molecule has 0 saturated carbocycles. The first-order chi connectivity index (χ1) is 14.8. The Morgan fingerprint density at radius 1 is 1.00 bits per heavy atom. The zero-order valence-electron chi connectivity index (χ0n) is 15.8. The molecule has 0 bridgehead atoms. The molecule has 0 fully saturated rings. The highest BCUT2D eigenvalue weighted by Crippen LogP contribution is 2.34. The third kappa shape index (κ3) is 4.23. The van der Waals surface area contributed by atoms with Crippen LogP contribution in [0.25, 0.3) is 10.9 Å². The van der Waals surface area contributed by atoms with Crippen molar-refractivity contribution >= 4 is 63.1 Å². The Morgan fingerprint density at radius 2 is 1.74 bits per heavy atom. The van der Waals surface area contributed by atoms with Crippen molar-refractivity contribution in [2.45, 2.75) is 6.54 Å². The summed E-state index contributed by atoms with van der Waals surface area (Å²) < 4.78 is 1.65. The SMILES string of the molecule is O=C(Nc1ccncc1)C(=O)c1c(Cl)n(Cc2ccc(Cl)cc2Cl)c2ccc(O)cc12. The second-order valence-electron chi connectivity index (χ2n) is 6.71. The van der Waals surface area contributed by atoms with E-state index in [4.69, 9.17) is 34.8 Å². The maximum absolute atomic E-state index is 13.0. The maximum atomic E-state index is 13.0. The highest BCUT2D eigenvalue weighted by Gasteiger charge is 2.27. The quantitative estimate of drug-likeness (QED) is 0.292. The Labute approximate surface area is 192 Å². The predicted molar refractivity (Wildman–Crippen MR) is 121 cm³/mol. The minimum atomic E-state index is -0.861. The standard InChI is InChI=1S/C22H14Cl3N3O3/c23-13-2-1-12(17(24)9-13)11-28-18-4-3-15(29)10-16(18)19(21(28)25)20(30)22(31)27-14-5-7-26-8-6-14/h1-10,29H,11H2,(H,26,27,31). The van der Waals surface area contributed by atoms with Crippen molar-refractivity contribution in [2.24, 2.45) is 0 Å². The molecule has 4 rings (SSSR count). The summed E-state index contributed by atoms with van der Waals surface area (Å²) in [5, 5.41) is 13.8. The molecule has 0 atom stereocenters. The number of anilines is 1. The van der Waals surface area contributed by atoms with E-state index in [1.807, 2.05) is 0 Å². The monoisotopic (exact) mass is 473 g/mol. The summed E-state index contributed by atoms with van der Waals surface area (Å²) in [4.78, 5) is 29.5. The predicted octanol–water partition coefficient (Wildman–Crippen LogP) is 5.57. The fraction of sp³-hybridized carbons (Fsp3) is 0.0455. The summed E-state index contributed by atoms with van der Waals surface area (Å²) in [6.45, 7) is 0.232. The van der Waals surface area contributed by atoms with E-state index in [1.165, 1.54) is 24.5 Å². The van der Waals surface area contributed by atoms with Gasteiger partial charge in [-0.15, -0.1) is 0 Å². The highest BCUT2D eigenvalue weighted by molar-refractivity contribution is 6.51. The number of aromatic nitrogens is 2. The molecule has 0 saturated heterocycles. The third-order valence-corrected chi connectivity index (χ3v) is 5.68. The maximum Gasteiger partial charge on any atom is 0.296 e. The van der Waals surface area contributed by atoms with Crippen LogP contribution in [0.1, 0.15) is 15.9 Å². The van der Waals surface area contributed by atoms with E-state index in [9.17, 15) is 14.7 Å².